The predicted octanol–water partition coefficient (Wildman–Crippen LogP) is 2.37. The maximum absolute atomic E-state index is 12.5. The number of para-hydroxylation sites is 1. The molecule has 0 atom stereocenters. The van der Waals surface area contributed by atoms with Crippen LogP contribution in [0.3, 0.4) is 0 Å². The molecule has 1 saturated heterocycles. The maximum Gasteiger partial charge on any atom is 0.260 e. The molecule has 0 bridgehead atoms. The van der Waals surface area contributed by atoms with Crippen molar-refractivity contribution in [3.05, 3.63) is 66.2 Å². The highest BCUT2D eigenvalue weighted by molar-refractivity contribution is 5.80. The van der Waals surface area contributed by atoms with E-state index in [4.69, 9.17) is 4.74 Å². The smallest absolute Gasteiger partial charge is 0.260 e. The molecule has 5 heteroatoms. The summed E-state index contributed by atoms with van der Waals surface area (Å²) in [4.78, 5) is 28.5. The maximum atomic E-state index is 12.5. The number of benzene rings is 2. The van der Waals surface area contributed by atoms with E-state index in [2.05, 4.69) is 0 Å². The van der Waals surface area contributed by atoms with Crippen LogP contribution >= 0.6 is 0 Å². The van der Waals surface area contributed by atoms with Gasteiger partial charge in [0.05, 0.1) is 6.42 Å². The van der Waals surface area contributed by atoms with Gasteiger partial charge in [0.2, 0.25) is 5.91 Å². The summed E-state index contributed by atoms with van der Waals surface area (Å²) in [5.41, 5.74) is 1.02. The predicted molar refractivity (Wildman–Crippen MR) is 99.9 cm³/mol. The molecule has 2 aromatic rings. The van der Waals surface area contributed by atoms with E-state index in [0.717, 1.165) is 12.0 Å². The van der Waals surface area contributed by atoms with Crippen LogP contribution in [0.2, 0.25) is 0 Å². The SMILES string of the molecule is O=C(COc1ccccc1)N1CCCN(C(=O)Cc2ccccc2)CC1. The molecule has 26 heavy (non-hydrogen) atoms. The zero-order chi connectivity index (χ0) is 18.2. The second-order valence-corrected chi connectivity index (χ2v) is 6.38. The van der Waals surface area contributed by atoms with Gasteiger partial charge in [-0.25, -0.2) is 0 Å². The Labute approximate surface area is 154 Å². The van der Waals surface area contributed by atoms with E-state index in [1.807, 2.05) is 65.6 Å². The third-order valence-electron chi connectivity index (χ3n) is 4.50. The highest BCUT2D eigenvalue weighted by Gasteiger charge is 2.22. The average molecular weight is 352 g/mol. The van der Waals surface area contributed by atoms with E-state index in [9.17, 15) is 9.59 Å². The topological polar surface area (TPSA) is 49.9 Å². The molecule has 1 aliphatic heterocycles. The summed E-state index contributed by atoms with van der Waals surface area (Å²) >= 11 is 0. The summed E-state index contributed by atoms with van der Waals surface area (Å²) < 4.78 is 5.54. The standard InChI is InChI=1S/C21H24N2O3/c24-20(16-18-8-3-1-4-9-18)22-12-7-13-23(15-14-22)21(25)17-26-19-10-5-2-6-11-19/h1-6,8-11H,7,12-17H2. The van der Waals surface area contributed by atoms with E-state index in [1.54, 1.807) is 4.90 Å². The van der Waals surface area contributed by atoms with Crippen molar-refractivity contribution in [3.8, 4) is 5.75 Å². The largest absolute Gasteiger partial charge is 0.484 e. The number of amides is 2. The van der Waals surface area contributed by atoms with Crippen molar-refractivity contribution in [1.29, 1.82) is 0 Å². The normalized spacial score (nSPS) is 14.6. The molecule has 0 aliphatic carbocycles. The van der Waals surface area contributed by atoms with Crippen LogP contribution in [0.4, 0.5) is 0 Å². The molecule has 5 nitrogen and oxygen atoms in total. The van der Waals surface area contributed by atoms with Crippen LogP contribution in [0, 0.1) is 0 Å². The minimum atomic E-state index is -0.0359. The van der Waals surface area contributed by atoms with E-state index in [0.29, 0.717) is 38.3 Å². The highest BCUT2D eigenvalue weighted by Crippen LogP contribution is 2.10. The number of carbonyl (C=O) groups excluding carboxylic acids is 2. The van der Waals surface area contributed by atoms with Gasteiger partial charge in [-0.1, -0.05) is 48.5 Å². The fraction of sp³-hybridized carbons (Fsp3) is 0.333. The lowest BCUT2D eigenvalue weighted by Crippen LogP contribution is -2.39. The van der Waals surface area contributed by atoms with Gasteiger partial charge in [-0.3, -0.25) is 9.59 Å². The molecule has 2 amide bonds. The molecule has 1 heterocycles. The molecule has 0 saturated carbocycles. The van der Waals surface area contributed by atoms with Gasteiger partial charge in [-0.15, -0.1) is 0 Å². The summed E-state index contributed by atoms with van der Waals surface area (Å²) in [7, 11) is 0. The second-order valence-electron chi connectivity index (χ2n) is 6.38. The lowest BCUT2D eigenvalue weighted by atomic mass is 10.1. The van der Waals surface area contributed by atoms with Crippen LogP contribution in [0.5, 0.6) is 5.75 Å². The first-order valence-electron chi connectivity index (χ1n) is 9.00. The van der Waals surface area contributed by atoms with Gasteiger partial charge < -0.3 is 14.5 Å². The number of rotatable bonds is 5. The third kappa shape index (κ3) is 5.09. The quantitative estimate of drug-likeness (QED) is 0.830. The molecule has 0 radical (unpaired) electrons. The van der Waals surface area contributed by atoms with Crippen LogP contribution in [0.15, 0.2) is 60.7 Å². The van der Waals surface area contributed by atoms with E-state index < -0.39 is 0 Å². The van der Waals surface area contributed by atoms with E-state index >= 15 is 0 Å². The first-order valence-corrected chi connectivity index (χ1v) is 9.00. The Morgan fingerprint density at radius 1 is 0.769 bits per heavy atom. The zero-order valence-electron chi connectivity index (χ0n) is 14.8. The van der Waals surface area contributed by atoms with E-state index in [-0.39, 0.29) is 18.4 Å². The zero-order valence-corrected chi connectivity index (χ0v) is 14.8. The van der Waals surface area contributed by atoms with Gasteiger partial charge in [0.1, 0.15) is 5.75 Å². The number of ether oxygens (including phenoxy) is 1. The van der Waals surface area contributed by atoms with Gasteiger partial charge in [-0.05, 0) is 24.1 Å². The van der Waals surface area contributed by atoms with Crippen LogP contribution in [-0.2, 0) is 16.0 Å². The summed E-state index contributed by atoms with van der Waals surface area (Å²) in [6, 6.07) is 19.1. The Bertz CT molecular complexity index is 719. The molecule has 136 valence electrons. The van der Waals surface area contributed by atoms with Crippen molar-refractivity contribution < 1.29 is 14.3 Å². The summed E-state index contributed by atoms with van der Waals surface area (Å²) in [5, 5.41) is 0. The van der Waals surface area contributed by atoms with E-state index in [1.165, 1.54) is 0 Å². The monoisotopic (exact) mass is 352 g/mol. The van der Waals surface area contributed by atoms with Crippen LogP contribution < -0.4 is 4.74 Å². The summed E-state index contributed by atoms with van der Waals surface area (Å²) in [6.07, 6.45) is 1.20. The Balaban J connectivity index is 1.48. The van der Waals surface area contributed by atoms with Crippen molar-refractivity contribution in [2.24, 2.45) is 0 Å². The molecule has 1 fully saturated rings. The Morgan fingerprint density at radius 3 is 2.00 bits per heavy atom. The van der Waals surface area contributed by atoms with Crippen molar-refractivity contribution >= 4 is 11.8 Å². The number of carbonyl (C=O) groups is 2. The minimum absolute atomic E-state index is 0.0297. The molecule has 0 unspecified atom stereocenters. The van der Waals surface area contributed by atoms with Crippen molar-refractivity contribution in [2.75, 3.05) is 32.8 Å². The second kappa shape index (κ2) is 9.04. The first kappa shape index (κ1) is 18.0. The molecule has 0 spiro atoms. The molecular weight excluding hydrogens is 328 g/mol. The number of hydrogen-bond donors (Lipinski definition) is 0. The Kier molecular flexibility index (Phi) is 6.25. The minimum Gasteiger partial charge on any atom is -0.484 e. The third-order valence-corrected chi connectivity index (χ3v) is 4.50. The summed E-state index contributed by atoms with van der Waals surface area (Å²) in [6.45, 7) is 2.50. The van der Waals surface area contributed by atoms with Crippen LogP contribution in [-0.4, -0.2) is 54.4 Å². The van der Waals surface area contributed by atoms with Crippen LogP contribution in [0.25, 0.3) is 0 Å². The van der Waals surface area contributed by atoms with Gasteiger partial charge in [0.15, 0.2) is 6.61 Å². The molecular formula is C21H24N2O3. The van der Waals surface area contributed by atoms with Crippen molar-refractivity contribution in [3.63, 3.8) is 0 Å². The van der Waals surface area contributed by atoms with Gasteiger partial charge >= 0.3 is 0 Å². The molecule has 2 aromatic carbocycles. The lowest BCUT2D eigenvalue weighted by molar-refractivity contribution is -0.134. The van der Waals surface area contributed by atoms with Gasteiger partial charge in [0, 0.05) is 26.2 Å². The molecule has 0 N–H and O–H groups in total. The van der Waals surface area contributed by atoms with Crippen molar-refractivity contribution in [2.45, 2.75) is 12.8 Å². The summed E-state index contributed by atoms with van der Waals surface area (Å²) in [5.74, 6) is 0.771. The van der Waals surface area contributed by atoms with Crippen molar-refractivity contribution in [1.82, 2.24) is 9.80 Å². The Hall–Kier alpha value is -2.82. The number of hydrogen-bond acceptors (Lipinski definition) is 3. The highest BCUT2D eigenvalue weighted by atomic mass is 16.5. The van der Waals surface area contributed by atoms with Gasteiger partial charge in [-0.2, -0.15) is 0 Å². The Morgan fingerprint density at radius 2 is 1.35 bits per heavy atom. The van der Waals surface area contributed by atoms with Crippen LogP contribution in [0.1, 0.15) is 12.0 Å². The first-order chi connectivity index (χ1) is 12.7. The fourth-order valence-electron chi connectivity index (χ4n) is 3.05. The number of nitrogens with zero attached hydrogens (tertiary/aromatic N) is 2. The molecule has 1 aliphatic rings. The average Bonchev–Trinajstić information content (AvgIpc) is 2.94. The molecule has 3 rings (SSSR count). The van der Waals surface area contributed by atoms with Gasteiger partial charge in [0.25, 0.3) is 5.91 Å². The lowest BCUT2D eigenvalue weighted by Gasteiger charge is -2.22. The molecule has 0 aromatic heterocycles. The fourth-order valence-corrected chi connectivity index (χ4v) is 3.05.